The van der Waals surface area contributed by atoms with Crippen LogP contribution in [-0.2, 0) is 9.53 Å². The van der Waals surface area contributed by atoms with Gasteiger partial charge in [-0.1, -0.05) is 24.3 Å². The Bertz CT molecular complexity index is 239. The van der Waals surface area contributed by atoms with Crippen LogP contribution in [0.1, 0.15) is 6.92 Å². The Morgan fingerprint density at radius 3 is 2.58 bits per heavy atom. The Balaban J connectivity index is 4.18. The molecule has 0 rings (SSSR count). The molecule has 2 N–H and O–H groups in total. The van der Waals surface area contributed by atoms with Gasteiger partial charge in [-0.2, -0.15) is 0 Å². The molecular weight excluding hydrogens is 154 g/mol. The minimum atomic E-state index is -0.527. The van der Waals surface area contributed by atoms with Crippen molar-refractivity contribution in [3.8, 4) is 0 Å². The fourth-order valence-electron chi connectivity index (χ4n) is 0.502. The van der Waals surface area contributed by atoms with Gasteiger partial charge in [0.1, 0.15) is 5.70 Å². The molecule has 3 nitrogen and oxygen atoms in total. The fraction of sp³-hybridized carbons (Fsp3) is 0.222. The van der Waals surface area contributed by atoms with Crippen molar-refractivity contribution in [2.75, 3.05) is 7.11 Å². The van der Waals surface area contributed by atoms with Crippen LogP contribution in [0.2, 0.25) is 0 Å². The highest BCUT2D eigenvalue weighted by Gasteiger charge is 2.00. The summed E-state index contributed by atoms with van der Waals surface area (Å²) in [5, 5.41) is 0. The molecule has 0 aliphatic heterocycles. The first kappa shape index (κ1) is 10.5. The standard InChI is InChI=1S/C9H13NO2/c1-7(2)5-4-6-8(10)9(11)12-3/h4-6H,1,10H2,2-3H3/b5-4-,8-6-. The summed E-state index contributed by atoms with van der Waals surface area (Å²) < 4.78 is 4.38. The van der Waals surface area contributed by atoms with E-state index in [4.69, 9.17) is 5.73 Å². The van der Waals surface area contributed by atoms with E-state index >= 15 is 0 Å². The van der Waals surface area contributed by atoms with Gasteiger partial charge in [0.05, 0.1) is 7.11 Å². The average molecular weight is 167 g/mol. The smallest absolute Gasteiger partial charge is 0.353 e. The molecule has 0 aliphatic carbocycles. The number of hydrogen-bond acceptors (Lipinski definition) is 3. The Morgan fingerprint density at radius 2 is 2.17 bits per heavy atom. The lowest BCUT2D eigenvalue weighted by Gasteiger charge is -1.95. The van der Waals surface area contributed by atoms with Crippen LogP contribution in [-0.4, -0.2) is 13.1 Å². The summed E-state index contributed by atoms with van der Waals surface area (Å²) in [7, 11) is 1.28. The summed E-state index contributed by atoms with van der Waals surface area (Å²) >= 11 is 0. The molecule has 66 valence electrons. The van der Waals surface area contributed by atoms with E-state index in [0.717, 1.165) is 5.57 Å². The predicted octanol–water partition coefficient (Wildman–Crippen LogP) is 1.13. The van der Waals surface area contributed by atoms with E-state index in [9.17, 15) is 4.79 Å². The SMILES string of the molecule is C=C(C)/C=C\C=C(/N)C(=O)OC. The highest BCUT2D eigenvalue weighted by atomic mass is 16.5. The first-order chi connectivity index (χ1) is 5.57. The molecule has 0 unspecified atom stereocenters. The zero-order valence-corrected chi connectivity index (χ0v) is 7.33. The summed E-state index contributed by atoms with van der Waals surface area (Å²) in [6.45, 7) is 5.49. The van der Waals surface area contributed by atoms with Crippen molar-refractivity contribution in [2.45, 2.75) is 6.92 Å². The molecule has 0 aliphatic rings. The number of carbonyl (C=O) groups is 1. The number of ether oxygens (including phenoxy) is 1. The van der Waals surface area contributed by atoms with Crippen LogP contribution in [0.4, 0.5) is 0 Å². The third-order valence-corrected chi connectivity index (χ3v) is 1.08. The Labute approximate surface area is 72.2 Å². The first-order valence-electron chi connectivity index (χ1n) is 3.45. The highest BCUT2D eigenvalue weighted by Crippen LogP contribution is 1.92. The summed E-state index contributed by atoms with van der Waals surface area (Å²) in [5.74, 6) is -0.527. The molecule has 0 amide bonds. The quantitative estimate of drug-likeness (QED) is 0.389. The normalized spacial score (nSPS) is 11.7. The molecule has 0 bridgehead atoms. The van der Waals surface area contributed by atoms with Gasteiger partial charge in [-0.05, 0) is 13.0 Å². The van der Waals surface area contributed by atoms with Gasteiger partial charge >= 0.3 is 5.97 Å². The van der Waals surface area contributed by atoms with Gasteiger partial charge in [0.15, 0.2) is 0 Å². The van der Waals surface area contributed by atoms with Crippen molar-refractivity contribution in [3.63, 3.8) is 0 Å². The zero-order chi connectivity index (χ0) is 9.56. The molecule has 0 aromatic rings. The number of methoxy groups -OCH3 is 1. The Hall–Kier alpha value is -1.51. The monoisotopic (exact) mass is 167 g/mol. The van der Waals surface area contributed by atoms with Gasteiger partial charge in [-0.25, -0.2) is 4.79 Å². The van der Waals surface area contributed by atoms with Crippen molar-refractivity contribution in [2.24, 2.45) is 5.73 Å². The molecule has 0 radical (unpaired) electrons. The van der Waals surface area contributed by atoms with Crippen molar-refractivity contribution in [1.29, 1.82) is 0 Å². The molecule has 0 saturated heterocycles. The van der Waals surface area contributed by atoms with Gasteiger partial charge < -0.3 is 10.5 Å². The van der Waals surface area contributed by atoms with Crippen LogP contribution < -0.4 is 5.73 Å². The van der Waals surface area contributed by atoms with Gasteiger partial charge in [0, 0.05) is 0 Å². The van der Waals surface area contributed by atoms with Crippen LogP contribution in [0, 0.1) is 0 Å². The number of esters is 1. The van der Waals surface area contributed by atoms with Gasteiger partial charge in [-0.15, -0.1) is 0 Å². The number of rotatable bonds is 3. The second kappa shape index (κ2) is 5.18. The number of hydrogen-bond donors (Lipinski definition) is 1. The van der Waals surface area contributed by atoms with E-state index < -0.39 is 5.97 Å². The van der Waals surface area contributed by atoms with E-state index in [1.165, 1.54) is 13.2 Å². The van der Waals surface area contributed by atoms with Crippen LogP contribution in [0.3, 0.4) is 0 Å². The molecular formula is C9H13NO2. The molecule has 0 spiro atoms. The van der Waals surface area contributed by atoms with Crippen molar-refractivity contribution in [3.05, 3.63) is 36.1 Å². The van der Waals surface area contributed by atoms with Crippen molar-refractivity contribution >= 4 is 5.97 Å². The summed E-state index contributed by atoms with van der Waals surface area (Å²) in [4.78, 5) is 10.7. The highest BCUT2D eigenvalue weighted by molar-refractivity contribution is 5.87. The second-order valence-corrected chi connectivity index (χ2v) is 2.32. The van der Waals surface area contributed by atoms with Gasteiger partial charge in [0.25, 0.3) is 0 Å². The van der Waals surface area contributed by atoms with Gasteiger partial charge in [0.2, 0.25) is 0 Å². The minimum absolute atomic E-state index is 0.0787. The third kappa shape index (κ3) is 4.33. The predicted molar refractivity (Wildman–Crippen MR) is 48.2 cm³/mol. The van der Waals surface area contributed by atoms with Crippen LogP contribution in [0.25, 0.3) is 0 Å². The minimum Gasteiger partial charge on any atom is -0.464 e. The van der Waals surface area contributed by atoms with Crippen molar-refractivity contribution < 1.29 is 9.53 Å². The van der Waals surface area contributed by atoms with Crippen LogP contribution in [0.5, 0.6) is 0 Å². The van der Waals surface area contributed by atoms with E-state index in [1.807, 2.05) is 6.92 Å². The lowest BCUT2D eigenvalue weighted by Crippen LogP contribution is -2.12. The number of carbonyl (C=O) groups excluding carboxylic acids is 1. The maximum Gasteiger partial charge on any atom is 0.353 e. The number of allylic oxidation sites excluding steroid dienone is 4. The molecule has 0 heterocycles. The third-order valence-electron chi connectivity index (χ3n) is 1.08. The van der Waals surface area contributed by atoms with E-state index in [1.54, 1.807) is 12.2 Å². The Kier molecular flexibility index (Phi) is 4.53. The lowest BCUT2D eigenvalue weighted by molar-refractivity contribution is -0.136. The largest absolute Gasteiger partial charge is 0.464 e. The Morgan fingerprint density at radius 1 is 1.58 bits per heavy atom. The molecule has 0 saturated carbocycles. The fourth-order valence-corrected chi connectivity index (χ4v) is 0.502. The van der Waals surface area contributed by atoms with E-state index in [2.05, 4.69) is 11.3 Å². The topological polar surface area (TPSA) is 52.3 Å². The first-order valence-corrected chi connectivity index (χ1v) is 3.45. The molecule has 0 fully saturated rings. The maximum absolute atomic E-state index is 10.7. The van der Waals surface area contributed by atoms with Crippen LogP contribution in [0.15, 0.2) is 36.1 Å². The van der Waals surface area contributed by atoms with Gasteiger partial charge in [-0.3, -0.25) is 0 Å². The molecule has 3 heteroatoms. The van der Waals surface area contributed by atoms with Crippen LogP contribution >= 0.6 is 0 Å². The lowest BCUT2D eigenvalue weighted by atomic mass is 10.3. The zero-order valence-electron chi connectivity index (χ0n) is 7.33. The van der Waals surface area contributed by atoms with E-state index in [0.29, 0.717) is 0 Å². The van der Waals surface area contributed by atoms with E-state index in [-0.39, 0.29) is 5.70 Å². The number of nitrogens with two attached hydrogens (primary N) is 1. The van der Waals surface area contributed by atoms with Crippen molar-refractivity contribution in [1.82, 2.24) is 0 Å². The maximum atomic E-state index is 10.7. The average Bonchev–Trinajstić information content (AvgIpc) is 2.02. The second-order valence-electron chi connectivity index (χ2n) is 2.32. The summed E-state index contributed by atoms with van der Waals surface area (Å²) in [6.07, 6.45) is 4.87. The molecule has 0 aromatic carbocycles. The summed E-state index contributed by atoms with van der Waals surface area (Å²) in [5.41, 5.74) is 6.29. The molecule has 0 aromatic heterocycles. The molecule has 0 atom stereocenters. The summed E-state index contributed by atoms with van der Waals surface area (Å²) in [6, 6.07) is 0. The molecule has 12 heavy (non-hydrogen) atoms.